The molecule has 0 fully saturated rings. The van der Waals surface area contributed by atoms with Gasteiger partial charge in [0.15, 0.2) is 0 Å². The Labute approximate surface area is 111 Å². The molecular formula is C14H16N2O3. The van der Waals surface area contributed by atoms with Crippen molar-refractivity contribution in [3.8, 4) is 5.75 Å². The summed E-state index contributed by atoms with van der Waals surface area (Å²) in [5, 5.41) is 13.4. The molecular weight excluding hydrogens is 244 g/mol. The zero-order valence-corrected chi connectivity index (χ0v) is 10.6. The molecule has 1 atom stereocenters. The second-order valence-electron chi connectivity index (χ2n) is 4.18. The molecule has 0 saturated heterocycles. The van der Waals surface area contributed by atoms with Crippen molar-refractivity contribution in [2.45, 2.75) is 6.04 Å². The summed E-state index contributed by atoms with van der Waals surface area (Å²) >= 11 is 0. The molecule has 0 aliphatic carbocycles. The maximum atomic E-state index is 11.6. The first-order chi connectivity index (χ1) is 9.15. The van der Waals surface area contributed by atoms with Crippen LogP contribution in [0.15, 0.2) is 36.4 Å². The third kappa shape index (κ3) is 2.83. The van der Waals surface area contributed by atoms with Gasteiger partial charge in [-0.25, -0.2) is 0 Å². The average Bonchev–Trinajstić information content (AvgIpc) is 2.45. The zero-order chi connectivity index (χ0) is 13.8. The Morgan fingerprint density at radius 1 is 1.42 bits per heavy atom. The molecule has 0 aliphatic heterocycles. The molecule has 0 aliphatic rings. The van der Waals surface area contributed by atoms with E-state index in [1.54, 1.807) is 13.2 Å². The van der Waals surface area contributed by atoms with Crippen molar-refractivity contribution in [1.29, 1.82) is 0 Å². The zero-order valence-electron chi connectivity index (χ0n) is 10.6. The van der Waals surface area contributed by atoms with Crippen molar-refractivity contribution in [1.82, 2.24) is 0 Å². The maximum absolute atomic E-state index is 11.6. The predicted molar refractivity (Wildman–Crippen MR) is 74.2 cm³/mol. The lowest BCUT2D eigenvalue weighted by Gasteiger charge is -2.12. The van der Waals surface area contributed by atoms with E-state index < -0.39 is 18.6 Å². The van der Waals surface area contributed by atoms with Crippen LogP contribution in [0.5, 0.6) is 5.75 Å². The number of nitrogens with two attached hydrogens (primary N) is 1. The first-order valence-electron chi connectivity index (χ1n) is 5.90. The molecule has 19 heavy (non-hydrogen) atoms. The van der Waals surface area contributed by atoms with Crippen LogP contribution in [0, 0.1) is 0 Å². The van der Waals surface area contributed by atoms with Crippen molar-refractivity contribution < 1.29 is 14.6 Å². The molecule has 4 N–H and O–H groups in total. The van der Waals surface area contributed by atoms with Gasteiger partial charge in [-0.2, -0.15) is 0 Å². The quantitative estimate of drug-likeness (QED) is 0.768. The Morgan fingerprint density at radius 3 is 2.84 bits per heavy atom. The highest BCUT2D eigenvalue weighted by Crippen LogP contribution is 2.29. The first kappa shape index (κ1) is 13.3. The third-order valence-corrected chi connectivity index (χ3v) is 2.84. The number of fused-ring (bicyclic) bond motifs is 1. The number of methoxy groups -OCH3 is 1. The minimum Gasteiger partial charge on any atom is -0.496 e. The number of ether oxygens (including phenoxy) is 1. The van der Waals surface area contributed by atoms with Gasteiger partial charge in [0.2, 0.25) is 5.91 Å². The molecule has 2 rings (SSSR count). The Hall–Kier alpha value is -2.11. The van der Waals surface area contributed by atoms with E-state index >= 15 is 0 Å². The molecule has 0 saturated carbocycles. The summed E-state index contributed by atoms with van der Waals surface area (Å²) in [6.07, 6.45) is 0. The summed E-state index contributed by atoms with van der Waals surface area (Å²) in [5.74, 6) is 0.241. The number of aliphatic hydroxyl groups excluding tert-OH is 1. The summed E-state index contributed by atoms with van der Waals surface area (Å²) < 4.78 is 5.30. The van der Waals surface area contributed by atoms with Gasteiger partial charge >= 0.3 is 0 Å². The highest BCUT2D eigenvalue weighted by atomic mass is 16.5. The van der Waals surface area contributed by atoms with Gasteiger partial charge in [0, 0.05) is 17.1 Å². The fourth-order valence-electron chi connectivity index (χ4n) is 1.83. The Bertz CT molecular complexity index is 598. The standard InChI is InChI=1S/C14H16N2O3/c1-19-13-7-10(16-14(18)12(15)8-17)6-9-4-2-3-5-11(9)13/h2-7,12,17H,8,15H2,1H3,(H,16,18)/t12-/m1/s1. The average molecular weight is 260 g/mol. The fourth-order valence-corrected chi connectivity index (χ4v) is 1.83. The molecule has 2 aromatic carbocycles. The van der Waals surface area contributed by atoms with Crippen LogP contribution in [0.3, 0.4) is 0 Å². The molecule has 5 nitrogen and oxygen atoms in total. The first-order valence-corrected chi connectivity index (χ1v) is 5.90. The van der Waals surface area contributed by atoms with Gasteiger partial charge in [0.25, 0.3) is 0 Å². The van der Waals surface area contributed by atoms with Crippen LogP contribution in [0.25, 0.3) is 10.8 Å². The van der Waals surface area contributed by atoms with Gasteiger partial charge in [-0.3, -0.25) is 4.79 Å². The number of carbonyl (C=O) groups is 1. The van der Waals surface area contributed by atoms with E-state index in [9.17, 15) is 4.79 Å². The smallest absolute Gasteiger partial charge is 0.243 e. The Kier molecular flexibility index (Phi) is 3.99. The SMILES string of the molecule is COc1cc(NC(=O)[C@H](N)CO)cc2ccccc12. The topological polar surface area (TPSA) is 84.6 Å². The molecule has 0 radical (unpaired) electrons. The van der Waals surface area contributed by atoms with Gasteiger partial charge in [0.1, 0.15) is 11.8 Å². The Morgan fingerprint density at radius 2 is 2.16 bits per heavy atom. The van der Waals surface area contributed by atoms with Crippen LogP contribution in [-0.2, 0) is 4.79 Å². The second-order valence-corrected chi connectivity index (χ2v) is 4.18. The molecule has 0 bridgehead atoms. The fraction of sp³-hybridized carbons (Fsp3) is 0.214. The molecule has 0 aromatic heterocycles. The highest BCUT2D eigenvalue weighted by Gasteiger charge is 2.13. The number of nitrogens with one attached hydrogen (secondary N) is 1. The second kappa shape index (κ2) is 5.69. The van der Waals surface area contributed by atoms with Crippen LogP contribution in [0.1, 0.15) is 0 Å². The van der Waals surface area contributed by atoms with Gasteiger partial charge < -0.3 is 20.9 Å². The lowest BCUT2D eigenvalue weighted by Crippen LogP contribution is -2.38. The predicted octanol–water partition coefficient (Wildman–Crippen LogP) is 1.11. The molecule has 0 spiro atoms. The number of anilines is 1. The summed E-state index contributed by atoms with van der Waals surface area (Å²) in [6, 6.07) is 10.3. The van der Waals surface area contributed by atoms with Crippen LogP contribution in [-0.4, -0.2) is 30.8 Å². The summed E-state index contributed by atoms with van der Waals surface area (Å²) in [7, 11) is 1.58. The molecule has 100 valence electrons. The van der Waals surface area contributed by atoms with E-state index in [0.29, 0.717) is 11.4 Å². The molecule has 0 heterocycles. The molecule has 0 unspecified atom stereocenters. The van der Waals surface area contributed by atoms with Crippen LogP contribution >= 0.6 is 0 Å². The number of hydrogen-bond donors (Lipinski definition) is 3. The van der Waals surface area contributed by atoms with Gasteiger partial charge in [-0.05, 0) is 11.5 Å². The van der Waals surface area contributed by atoms with E-state index in [4.69, 9.17) is 15.6 Å². The summed E-state index contributed by atoms with van der Waals surface area (Å²) in [5.41, 5.74) is 6.04. The summed E-state index contributed by atoms with van der Waals surface area (Å²) in [6.45, 7) is -0.392. The van der Waals surface area contributed by atoms with E-state index in [-0.39, 0.29) is 0 Å². The van der Waals surface area contributed by atoms with Gasteiger partial charge in [0.05, 0.1) is 13.7 Å². The lowest BCUT2D eigenvalue weighted by molar-refractivity contribution is -0.118. The van der Waals surface area contributed by atoms with E-state index in [1.165, 1.54) is 0 Å². The molecule has 5 heteroatoms. The largest absolute Gasteiger partial charge is 0.496 e. The number of amides is 1. The van der Waals surface area contributed by atoms with Crippen molar-refractivity contribution in [2.24, 2.45) is 5.73 Å². The van der Waals surface area contributed by atoms with Crippen LogP contribution < -0.4 is 15.8 Å². The third-order valence-electron chi connectivity index (χ3n) is 2.84. The van der Waals surface area contributed by atoms with Crippen LogP contribution in [0.4, 0.5) is 5.69 Å². The molecule has 2 aromatic rings. The van der Waals surface area contributed by atoms with Crippen LogP contribution in [0.2, 0.25) is 0 Å². The number of aliphatic hydroxyl groups is 1. The monoisotopic (exact) mass is 260 g/mol. The minimum atomic E-state index is -0.933. The minimum absolute atomic E-state index is 0.392. The van der Waals surface area contributed by atoms with Gasteiger partial charge in [-0.1, -0.05) is 24.3 Å². The Balaban J connectivity index is 2.37. The summed E-state index contributed by atoms with van der Waals surface area (Å²) in [4.78, 5) is 11.6. The number of benzene rings is 2. The number of carbonyl (C=O) groups excluding carboxylic acids is 1. The number of rotatable bonds is 4. The van der Waals surface area contributed by atoms with Crippen molar-refractivity contribution in [3.05, 3.63) is 36.4 Å². The molecule has 1 amide bonds. The maximum Gasteiger partial charge on any atom is 0.243 e. The lowest BCUT2D eigenvalue weighted by atomic mass is 10.1. The highest BCUT2D eigenvalue weighted by molar-refractivity contribution is 5.99. The van der Waals surface area contributed by atoms with Crippen molar-refractivity contribution in [2.75, 3.05) is 19.0 Å². The normalized spacial score (nSPS) is 12.2. The van der Waals surface area contributed by atoms with Crippen molar-refractivity contribution in [3.63, 3.8) is 0 Å². The van der Waals surface area contributed by atoms with E-state index in [2.05, 4.69) is 5.32 Å². The van der Waals surface area contributed by atoms with Crippen molar-refractivity contribution >= 4 is 22.4 Å². The van der Waals surface area contributed by atoms with E-state index in [0.717, 1.165) is 10.8 Å². The van der Waals surface area contributed by atoms with Gasteiger partial charge in [-0.15, -0.1) is 0 Å². The number of hydrogen-bond acceptors (Lipinski definition) is 4. The van der Waals surface area contributed by atoms with E-state index in [1.807, 2.05) is 30.3 Å².